The number of fused-ring (bicyclic) bond motifs is 2. The number of anilines is 2. The fraction of sp³-hybridized carbons (Fsp3) is 0.308. The van der Waals surface area contributed by atoms with E-state index in [-0.39, 0.29) is 0 Å². The third-order valence-electron chi connectivity index (χ3n) is 5.60. The summed E-state index contributed by atoms with van der Waals surface area (Å²) in [4.78, 5) is 8.78. The second-order valence-corrected chi connectivity index (χ2v) is 8.93. The molecule has 2 aromatic carbocycles. The van der Waals surface area contributed by atoms with Crippen LogP contribution < -0.4 is 16.0 Å². The first-order valence-corrected chi connectivity index (χ1v) is 12.2. The molecule has 0 atom stereocenters. The van der Waals surface area contributed by atoms with Crippen molar-refractivity contribution in [3.63, 3.8) is 0 Å². The highest BCUT2D eigenvalue weighted by atomic mass is 35.5. The molecule has 2 aromatic heterocycles. The Hall–Kier alpha value is -2.60. The molecule has 0 spiro atoms. The summed E-state index contributed by atoms with van der Waals surface area (Å²) in [5.41, 5.74) is 4.07. The molecule has 2 heterocycles. The van der Waals surface area contributed by atoms with Crippen LogP contribution >= 0.6 is 23.2 Å². The molecule has 4 aromatic rings. The summed E-state index contributed by atoms with van der Waals surface area (Å²) in [7, 11) is 0. The van der Waals surface area contributed by atoms with Crippen molar-refractivity contribution >= 4 is 56.4 Å². The number of benzene rings is 2. The molecule has 4 rings (SSSR count). The van der Waals surface area contributed by atoms with Crippen LogP contribution in [0, 0.1) is 0 Å². The number of pyridine rings is 2. The Labute approximate surface area is 204 Å². The molecule has 0 aliphatic heterocycles. The van der Waals surface area contributed by atoms with Gasteiger partial charge in [0.1, 0.15) is 0 Å². The Kier molecular flexibility index (Phi) is 8.59. The van der Waals surface area contributed by atoms with Crippen LogP contribution in [0.1, 0.15) is 25.7 Å². The summed E-state index contributed by atoms with van der Waals surface area (Å²) in [5.74, 6) is 0. The minimum Gasteiger partial charge on any atom is -0.384 e. The van der Waals surface area contributed by atoms with Crippen molar-refractivity contribution in [1.82, 2.24) is 15.3 Å². The summed E-state index contributed by atoms with van der Waals surface area (Å²) in [6.07, 6.45) is 8.17. The zero-order valence-corrected chi connectivity index (χ0v) is 20.1. The standard InChI is InChI=1S/C26H29Cl2N5/c27-19-5-7-21-23(9-15-32-25(21)17-19)30-13-3-1-11-29-12-2-4-14-31-24-10-16-33-26-18-20(28)6-8-22(24)26/h5-10,15-18,29H,1-4,11-14H2,(H,30,32)(H,31,33). The molecule has 172 valence electrons. The van der Waals surface area contributed by atoms with Crippen LogP contribution in [-0.2, 0) is 0 Å². The maximum Gasteiger partial charge on any atom is 0.0737 e. The van der Waals surface area contributed by atoms with Crippen molar-refractivity contribution in [2.75, 3.05) is 36.8 Å². The average molecular weight is 482 g/mol. The Morgan fingerprint density at radius 1 is 0.576 bits per heavy atom. The van der Waals surface area contributed by atoms with Gasteiger partial charge < -0.3 is 16.0 Å². The second kappa shape index (κ2) is 12.0. The van der Waals surface area contributed by atoms with E-state index in [0.717, 1.165) is 85.0 Å². The molecule has 33 heavy (non-hydrogen) atoms. The molecule has 0 saturated carbocycles. The number of nitrogens with zero attached hydrogens (tertiary/aromatic N) is 2. The number of hydrogen-bond acceptors (Lipinski definition) is 5. The van der Waals surface area contributed by atoms with E-state index in [1.165, 1.54) is 0 Å². The number of hydrogen-bond donors (Lipinski definition) is 3. The molecule has 0 radical (unpaired) electrons. The molecule has 7 heteroatoms. The minimum absolute atomic E-state index is 0.713. The van der Waals surface area contributed by atoms with Gasteiger partial charge in [0, 0.05) is 57.7 Å². The molecular formula is C26H29Cl2N5. The third-order valence-corrected chi connectivity index (χ3v) is 6.07. The maximum absolute atomic E-state index is 6.06. The number of unbranched alkanes of at least 4 members (excludes halogenated alkanes) is 2. The van der Waals surface area contributed by atoms with E-state index in [1.54, 1.807) is 0 Å². The number of rotatable bonds is 12. The van der Waals surface area contributed by atoms with Crippen molar-refractivity contribution in [3.8, 4) is 0 Å². The van der Waals surface area contributed by atoms with E-state index in [9.17, 15) is 0 Å². The Balaban J connectivity index is 1.07. The van der Waals surface area contributed by atoms with Gasteiger partial charge in [-0.25, -0.2) is 0 Å². The lowest BCUT2D eigenvalue weighted by Gasteiger charge is -2.11. The Morgan fingerprint density at radius 3 is 1.52 bits per heavy atom. The summed E-state index contributed by atoms with van der Waals surface area (Å²) < 4.78 is 0. The van der Waals surface area contributed by atoms with Gasteiger partial charge in [0.2, 0.25) is 0 Å². The highest BCUT2D eigenvalue weighted by molar-refractivity contribution is 6.31. The Bertz CT molecular complexity index is 1100. The zero-order valence-electron chi connectivity index (χ0n) is 18.6. The molecule has 0 aliphatic carbocycles. The van der Waals surface area contributed by atoms with E-state index >= 15 is 0 Å². The fourth-order valence-corrected chi connectivity index (χ4v) is 4.20. The summed E-state index contributed by atoms with van der Waals surface area (Å²) in [6, 6.07) is 15.7. The summed E-state index contributed by atoms with van der Waals surface area (Å²) in [6.45, 7) is 3.96. The van der Waals surface area contributed by atoms with Crippen LogP contribution in [0.25, 0.3) is 21.8 Å². The van der Waals surface area contributed by atoms with Gasteiger partial charge in [0.05, 0.1) is 11.0 Å². The SMILES string of the molecule is Clc1ccc2c(NCCCCNCCCCNc3ccnc4cc(Cl)ccc34)ccnc2c1. The van der Waals surface area contributed by atoms with Gasteiger partial charge in [-0.2, -0.15) is 0 Å². The largest absolute Gasteiger partial charge is 0.384 e. The Morgan fingerprint density at radius 2 is 1.03 bits per heavy atom. The molecule has 0 saturated heterocycles. The lowest BCUT2D eigenvalue weighted by molar-refractivity contribution is 0.601. The number of nitrogens with one attached hydrogen (secondary N) is 3. The van der Waals surface area contributed by atoms with Crippen LogP contribution in [0.5, 0.6) is 0 Å². The van der Waals surface area contributed by atoms with E-state index in [1.807, 2.05) is 60.9 Å². The van der Waals surface area contributed by atoms with Gasteiger partial charge >= 0.3 is 0 Å². The number of aromatic nitrogens is 2. The molecule has 3 N–H and O–H groups in total. The normalized spacial score (nSPS) is 11.2. The minimum atomic E-state index is 0.713. The molecule has 0 aliphatic rings. The van der Waals surface area contributed by atoms with E-state index in [0.29, 0.717) is 10.0 Å². The predicted octanol–water partition coefficient (Wildman–Crippen LogP) is 6.76. The second-order valence-electron chi connectivity index (χ2n) is 8.06. The molecule has 5 nitrogen and oxygen atoms in total. The first kappa shape index (κ1) is 23.6. The molecule has 0 fully saturated rings. The molecular weight excluding hydrogens is 453 g/mol. The first-order valence-electron chi connectivity index (χ1n) is 11.5. The van der Waals surface area contributed by atoms with Gasteiger partial charge in [-0.15, -0.1) is 0 Å². The first-order chi connectivity index (χ1) is 16.2. The van der Waals surface area contributed by atoms with Crippen LogP contribution in [0.4, 0.5) is 11.4 Å². The zero-order chi connectivity index (χ0) is 22.9. The highest BCUT2D eigenvalue weighted by Gasteiger charge is 2.03. The van der Waals surface area contributed by atoms with Crippen LogP contribution in [0.15, 0.2) is 60.9 Å². The molecule has 0 bridgehead atoms. The fourth-order valence-electron chi connectivity index (χ4n) is 3.87. The summed E-state index contributed by atoms with van der Waals surface area (Å²) in [5, 5.41) is 14.2. The van der Waals surface area contributed by atoms with Crippen molar-refractivity contribution < 1.29 is 0 Å². The van der Waals surface area contributed by atoms with Crippen molar-refractivity contribution in [3.05, 3.63) is 71.0 Å². The van der Waals surface area contributed by atoms with Crippen LogP contribution in [-0.4, -0.2) is 36.1 Å². The van der Waals surface area contributed by atoms with E-state index < -0.39 is 0 Å². The van der Waals surface area contributed by atoms with Crippen molar-refractivity contribution in [2.45, 2.75) is 25.7 Å². The topological polar surface area (TPSA) is 61.9 Å². The molecule has 0 amide bonds. The van der Waals surface area contributed by atoms with Gasteiger partial charge in [-0.1, -0.05) is 23.2 Å². The lowest BCUT2D eigenvalue weighted by atomic mass is 10.2. The summed E-state index contributed by atoms with van der Waals surface area (Å²) >= 11 is 12.1. The third kappa shape index (κ3) is 6.70. The van der Waals surface area contributed by atoms with Gasteiger partial charge in [0.25, 0.3) is 0 Å². The molecule has 0 unspecified atom stereocenters. The van der Waals surface area contributed by atoms with E-state index in [2.05, 4.69) is 25.9 Å². The lowest BCUT2D eigenvalue weighted by Crippen LogP contribution is -2.18. The van der Waals surface area contributed by atoms with E-state index in [4.69, 9.17) is 23.2 Å². The van der Waals surface area contributed by atoms with Crippen molar-refractivity contribution in [1.29, 1.82) is 0 Å². The van der Waals surface area contributed by atoms with Gasteiger partial charge in [-0.3, -0.25) is 9.97 Å². The average Bonchev–Trinajstić information content (AvgIpc) is 2.82. The number of halogens is 2. The van der Waals surface area contributed by atoms with Crippen LogP contribution in [0.3, 0.4) is 0 Å². The maximum atomic E-state index is 6.06. The van der Waals surface area contributed by atoms with Gasteiger partial charge in [-0.05, 0) is 87.3 Å². The predicted molar refractivity (Wildman–Crippen MR) is 142 cm³/mol. The van der Waals surface area contributed by atoms with Crippen molar-refractivity contribution in [2.24, 2.45) is 0 Å². The van der Waals surface area contributed by atoms with Crippen LogP contribution in [0.2, 0.25) is 10.0 Å². The van der Waals surface area contributed by atoms with Gasteiger partial charge in [0.15, 0.2) is 0 Å². The monoisotopic (exact) mass is 481 g/mol. The smallest absolute Gasteiger partial charge is 0.0737 e. The quantitative estimate of drug-likeness (QED) is 0.195. The highest BCUT2D eigenvalue weighted by Crippen LogP contribution is 2.25.